The van der Waals surface area contributed by atoms with Crippen molar-refractivity contribution in [2.45, 2.75) is 19.3 Å². The molecule has 2 heterocycles. The lowest BCUT2D eigenvalue weighted by molar-refractivity contribution is -0.121. The highest BCUT2D eigenvalue weighted by Gasteiger charge is 2.31. The molecule has 0 atom stereocenters. The summed E-state index contributed by atoms with van der Waals surface area (Å²) in [6, 6.07) is 13.2. The van der Waals surface area contributed by atoms with E-state index in [9.17, 15) is 14.0 Å². The van der Waals surface area contributed by atoms with E-state index in [4.69, 9.17) is 12.2 Å². The van der Waals surface area contributed by atoms with Gasteiger partial charge in [-0.15, -0.1) is 0 Å². The van der Waals surface area contributed by atoms with E-state index in [1.165, 1.54) is 35.2 Å². The lowest BCUT2D eigenvalue weighted by Gasteiger charge is -2.26. The molecule has 2 aliphatic heterocycles. The van der Waals surface area contributed by atoms with Crippen LogP contribution in [0.15, 0.2) is 53.4 Å². The molecule has 2 aromatic carbocycles. The average molecular weight is 456 g/mol. The Bertz CT molecular complexity index is 1020. The number of likely N-dealkylation sites (tertiary alicyclic amines) is 1. The first-order valence-electron chi connectivity index (χ1n) is 10.2. The van der Waals surface area contributed by atoms with Crippen molar-refractivity contribution in [3.63, 3.8) is 0 Å². The minimum absolute atomic E-state index is 0.0640. The summed E-state index contributed by atoms with van der Waals surface area (Å²) in [5.41, 5.74) is 2.20. The minimum Gasteiger partial charge on any atom is -0.367 e. The Morgan fingerprint density at radius 3 is 2.42 bits per heavy atom. The fraction of sp³-hybridized carbons (Fsp3) is 0.261. The topological polar surface area (TPSA) is 52.7 Å². The number of hydrogen-bond acceptors (Lipinski definition) is 5. The normalized spacial score (nSPS) is 18.0. The molecular weight excluding hydrogens is 433 g/mol. The zero-order valence-corrected chi connectivity index (χ0v) is 18.5. The van der Waals surface area contributed by atoms with Crippen molar-refractivity contribution < 1.29 is 14.0 Å². The van der Waals surface area contributed by atoms with E-state index in [0.717, 1.165) is 37.2 Å². The Labute approximate surface area is 190 Å². The van der Waals surface area contributed by atoms with Gasteiger partial charge in [-0.05, 0) is 67.3 Å². The summed E-state index contributed by atoms with van der Waals surface area (Å²) in [7, 11) is 0. The van der Waals surface area contributed by atoms with Gasteiger partial charge in [-0.2, -0.15) is 0 Å². The third-order valence-corrected chi connectivity index (χ3v) is 6.64. The number of carbonyl (C=O) groups is 2. The van der Waals surface area contributed by atoms with Gasteiger partial charge in [-0.1, -0.05) is 36.1 Å². The molecule has 0 unspecified atom stereocenters. The summed E-state index contributed by atoms with van der Waals surface area (Å²) in [5, 5.41) is 3.19. The van der Waals surface area contributed by atoms with Crippen LogP contribution in [0, 0.1) is 5.82 Å². The van der Waals surface area contributed by atoms with Crippen molar-refractivity contribution in [2.75, 3.05) is 25.1 Å². The first-order valence-corrected chi connectivity index (χ1v) is 11.4. The Morgan fingerprint density at radius 2 is 1.74 bits per heavy atom. The van der Waals surface area contributed by atoms with Gasteiger partial charge in [0.15, 0.2) is 0 Å². The van der Waals surface area contributed by atoms with Crippen molar-refractivity contribution in [3.8, 4) is 0 Å². The van der Waals surface area contributed by atoms with Gasteiger partial charge in [0.1, 0.15) is 10.1 Å². The maximum Gasteiger partial charge on any atom is 0.267 e. The fourth-order valence-corrected chi connectivity index (χ4v) is 4.78. The van der Waals surface area contributed by atoms with Gasteiger partial charge >= 0.3 is 0 Å². The smallest absolute Gasteiger partial charge is 0.267 e. The molecule has 0 aliphatic carbocycles. The summed E-state index contributed by atoms with van der Waals surface area (Å²) in [4.78, 5) is 29.2. The van der Waals surface area contributed by atoms with Crippen LogP contribution in [-0.4, -0.2) is 45.7 Å². The number of rotatable bonds is 5. The molecule has 31 heavy (non-hydrogen) atoms. The molecule has 1 N–H and O–H groups in total. The molecular formula is C23H22FN3O2S2. The summed E-state index contributed by atoms with van der Waals surface area (Å²) in [6.07, 6.45) is 5.01. The van der Waals surface area contributed by atoms with E-state index >= 15 is 0 Å². The zero-order chi connectivity index (χ0) is 21.8. The summed E-state index contributed by atoms with van der Waals surface area (Å²) < 4.78 is 13.5. The molecule has 4 rings (SSSR count). The van der Waals surface area contributed by atoms with Crippen molar-refractivity contribution in [1.82, 2.24) is 9.80 Å². The van der Waals surface area contributed by atoms with E-state index in [2.05, 4.69) is 5.32 Å². The fourth-order valence-electron chi connectivity index (χ4n) is 3.53. The van der Waals surface area contributed by atoms with Crippen LogP contribution in [-0.2, 0) is 4.79 Å². The molecule has 0 saturated carbocycles. The van der Waals surface area contributed by atoms with Crippen LogP contribution in [0.4, 0.5) is 10.1 Å². The number of anilines is 1. The number of thioether (sulfide) groups is 1. The quantitative estimate of drug-likeness (QED) is 0.522. The number of benzene rings is 2. The van der Waals surface area contributed by atoms with E-state index in [-0.39, 0.29) is 24.3 Å². The Balaban J connectivity index is 1.36. The lowest BCUT2D eigenvalue weighted by atomic mass is 10.1. The second kappa shape index (κ2) is 9.62. The lowest BCUT2D eigenvalue weighted by Crippen LogP contribution is -2.35. The number of nitrogens with one attached hydrogen (secondary N) is 1. The molecule has 0 radical (unpaired) electrons. The largest absolute Gasteiger partial charge is 0.367 e. The molecule has 2 aromatic rings. The molecule has 5 nitrogen and oxygen atoms in total. The highest BCUT2D eigenvalue weighted by atomic mass is 32.2. The third-order valence-electron chi connectivity index (χ3n) is 5.26. The maximum atomic E-state index is 13.1. The SMILES string of the molecule is O=C(c1ccc(NCN2C(=O)/C(=C\c3ccc(F)cc3)SC2=S)cc1)N1CCCCC1. The molecule has 0 bridgehead atoms. The highest BCUT2D eigenvalue weighted by molar-refractivity contribution is 8.26. The van der Waals surface area contributed by atoms with Crippen molar-refractivity contribution in [2.24, 2.45) is 0 Å². The molecule has 0 spiro atoms. The standard InChI is InChI=1S/C23H22FN3O2S2/c24-18-8-4-16(5-9-18)14-20-22(29)27(23(30)31-20)15-25-19-10-6-17(7-11-19)21(28)26-12-2-1-3-13-26/h4-11,14,25H,1-3,12-13,15H2/b20-14+. The molecule has 2 amide bonds. The van der Waals surface area contributed by atoms with Crippen molar-refractivity contribution in [1.29, 1.82) is 0 Å². The molecule has 2 aliphatic rings. The Kier molecular flexibility index (Phi) is 6.67. The van der Waals surface area contributed by atoms with Crippen LogP contribution in [0.3, 0.4) is 0 Å². The number of amides is 2. The van der Waals surface area contributed by atoms with E-state index < -0.39 is 0 Å². The van der Waals surface area contributed by atoms with Gasteiger partial charge in [0.2, 0.25) is 0 Å². The number of carbonyl (C=O) groups excluding carboxylic acids is 2. The van der Waals surface area contributed by atoms with Gasteiger partial charge < -0.3 is 10.2 Å². The molecule has 160 valence electrons. The zero-order valence-electron chi connectivity index (χ0n) is 16.8. The number of hydrogen-bond donors (Lipinski definition) is 1. The highest BCUT2D eigenvalue weighted by Crippen LogP contribution is 2.32. The van der Waals surface area contributed by atoms with Gasteiger partial charge in [0, 0.05) is 24.3 Å². The van der Waals surface area contributed by atoms with E-state index in [1.807, 2.05) is 17.0 Å². The minimum atomic E-state index is -0.322. The first-order chi connectivity index (χ1) is 15.0. The van der Waals surface area contributed by atoms with Crippen molar-refractivity contribution >= 4 is 51.9 Å². The molecule has 0 aromatic heterocycles. The second-order valence-corrected chi connectivity index (χ2v) is 9.10. The van der Waals surface area contributed by atoms with Crippen LogP contribution in [0.25, 0.3) is 6.08 Å². The monoisotopic (exact) mass is 455 g/mol. The predicted molar refractivity (Wildman–Crippen MR) is 126 cm³/mol. The number of piperidine rings is 1. The first kappa shape index (κ1) is 21.5. The summed E-state index contributed by atoms with van der Waals surface area (Å²) >= 11 is 6.57. The number of halogens is 1. The van der Waals surface area contributed by atoms with Crippen molar-refractivity contribution in [3.05, 3.63) is 70.4 Å². The van der Waals surface area contributed by atoms with Gasteiger partial charge in [0.25, 0.3) is 11.8 Å². The van der Waals surface area contributed by atoms with Crippen LogP contribution in [0.5, 0.6) is 0 Å². The third kappa shape index (κ3) is 5.14. The van der Waals surface area contributed by atoms with Gasteiger partial charge in [-0.3, -0.25) is 14.5 Å². The predicted octanol–water partition coefficient (Wildman–Crippen LogP) is 4.72. The van der Waals surface area contributed by atoms with Gasteiger partial charge in [0.05, 0.1) is 11.6 Å². The Morgan fingerprint density at radius 1 is 1.06 bits per heavy atom. The van der Waals surface area contributed by atoms with Crippen LogP contribution < -0.4 is 5.32 Å². The average Bonchev–Trinajstić information content (AvgIpc) is 3.06. The van der Waals surface area contributed by atoms with Crippen LogP contribution >= 0.6 is 24.0 Å². The molecule has 8 heteroatoms. The number of thiocarbonyl (C=S) groups is 1. The Hall–Kier alpha value is -2.71. The molecule has 2 saturated heterocycles. The van der Waals surface area contributed by atoms with Crippen LogP contribution in [0.1, 0.15) is 35.2 Å². The maximum absolute atomic E-state index is 13.1. The number of nitrogens with zero attached hydrogens (tertiary/aromatic N) is 2. The van der Waals surface area contributed by atoms with Gasteiger partial charge in [-0.25, -0.2) is 4.39 Å². The second-order valence-electron chi connectivity index (χ2n) is 7.43. The molecule has 2 fully saturated rings. The van der Waals surface area contributed by atoms with Crippen LogP contribution in [0.2, 0.25) is 0 Å². The van der Waals surface area contributed by atoms with E-state index in [0.29, 0.717) is 14.8 Å². The summed E-state index contributed by atoms with van der Waals surface area (Å²) in [6.45, 7) is 1.86. The van der Waals surface area contributed by atoms with E-state index in [1.54, 1.807) is 30.3 Å². The summed E-state index contributed by atoms with van der Waals surface area (Å²) in [5.74, 6) is -0.449.